The lowest BCUT2D eigenvalue weighted by atomic mass is 10.0. The molecule has 4 aromatic rings. The molecule has 0 saturated carbocycles. The number of nitrogens with one attached hydrogen (secondary N) is 1. The molecule has 164 valence electrons. The highest BCUT2D eigenvalue weighted by atomic mass is 16.3. The van der Waals surface area contributed by atoms with Gasteiger partial charge >= 0.3 is 0 Å². The largest absolute Gasteiger partial charge is 0.387 e. The predicted octanol–water partition coefficient (Wildman–Crippen LogP) is 3.44. The van der Waals surface area contributed by atoms with Gasteiger partial charge in [0.15, 0.2) is 0 Å². The Labute approximate surface area is 187 Å². The van der Waals surface area contributed by atoms with Gasteiger partial charge in [-0.1, -0.05) is 36.4 Å². The number of nitrogens with zero attached hydrogens (tertiary/aromatic N) is 4. The Morgan fingerprint density at radius 2 is 1.69 bits per heavy atom. The number of hydrogen-bond acceptors (Lipinski definition) is 5. The molecular formula is C25H27N5O2. The number of carbonyl (C=O) groups excluding carboxylic acids is 1. The van der Waals surface area contributed by atoms with E-state index in [9.17, 15) is 9.90 Å². The molecule has 0 fully saturated rings. The van der Waals surface area contributed by atoms with Gasteiger partial charge in [-0.3, -0.25) is 4.79 Å². The van der Waals surface area contributed by atoms with Crippen LogP contribution >= 0.6 is 0 Å². The van der Waals surface area contributed by atoms with Gasteiger partial charge in [-0.15, -0.1) is 0 Å². The molecule has 32 heavy (non-hydrogen) atoms. The number of aryl methyl sites for hydroxylation is 3. The van der Waals surface area contributed by atoms with Crippen LogP contribution in [-0.4, -0.2) is 37.3 Å². The minimum absolute atomic E-state index is 0.142. The number of benzene rings is 2. The van der Waals surface area contributed by atoms with Gasteiger partial charge in [0.1, 0.15) is 0 Å². The van der Waals surface area contributed by atoms with E-state index in [-0.39, 0.29) is 18.9 Å². The molecule has 0 saturated heterocycles. The highest BCUT2D eigenvalue weighted by Gasteiger charge is 2.18. The van der Waals surface area contributed by atoms with Crippen molar-refractivity contribution in [3.8, 4) is 5.95 Å². The van der Waals surface area contributed by atoms with Gasteiger partial charge < -0.3 is 10.4 Å². The number of aromatic nitrogens is 4. The van der Waals surface area contributed by atoms with Crippen LogP contribution in [0.25, 0.3) is 16.7 Å². The maximum absolute atomic E-state index is 12.6. The third-order valence-electron chi connectivity index (χ3n) is 5.59. The predicted molar refractivity (Wildman–Crippen MR) is 124 cm³/mol. The summed E-state index contributed by atoms with van der Waals surface area (Å²) in [6.45, 7) is 7.76. The second-order valence-corrected chi connectivity index (χ2v) is 8.12. The van der Waals surface area contributed by atoms with Crippen LogP contribution in [0.5, 0.6) is 0 Å². The quantitative estimate of drug-likeness (QED) is 0.490. The van der Waals surface area contributed by atoms with Crippen molar-refractivity contribution in [3.63, 3.8) is 0 Å². The van der Waals surface area contributed by atoms with Gasteiger partial charge in [0, 0.05) is 29.2 Å². The molecule has 1 unspecified atom stereocenters. The SMILES string of the molecule is Cc1cc(C)nc(-n2nc(C)c(CC(=O)NCC(O)c3ccc4ccccc4c3)c2C)n1. The molecule has 2 heterocycles. The molecule has 0 bridgehead atoms. The first-order chi connectivity index (χ1) is 15.3. The first-order valence-electron chi connectivity index (χ1n) is 10.6. The van der Waals surface area contributed by atoms with Gasteiger partial charge in [0.2, 0.25) is 5.91 Å². The monoisotopic (exact) mass is 429 g/mol. The summed E-state index contributed by atoms with van der Waals surface area (Å²) >= 11 is 0. The number of amides is 1. The van der Waals surface area contributed by atoms with Crippen molar-refractivity contribution in [1.29, 1.82) is 0 Å². The molecule has 0 aliphatic heterocycles. The summed E-state index contributed by atoms with van der Waals surface area (Å²) in [4.78, 5) is 21.6. The van der Waals surface area contributed by atoms with Gasteiger partial charge in [0.25, 0.3) is 5.95 Å². The standard InChI is InChI=1S/C25H27N5O2/c1-15-11-16(2)28-25(27-15)30-18(4)22(17(3)29-30)13-24(32)26-14-23(31)21-10-9-19-7-5-6-8-20(19)12-21/h5-12,23,31H,13-14H2,1-4H3,(H,26,32). The molecule has 0 aliphatic rings. The van der Waals surface area contributed by atoms with Crippen molar-refractivity contribution in [1.82, 2.24) is 25.1 Å². The molecule has 2 N–H and O–H groups in total. The normalized spacial score (nSPS) is 12.2. The van der Waals surface area contributed by atoms with Gasteiger partial charge in [0.05, 0.1) is 18.2 Å². The fourth-order valence-corrected chi connectivity index (χ4v) is 3.89. The Kier molecular flexibility index (Phi) is 6.01. The van der Waals surface area contributed by atoms with Crippen molar-refractivity contribution < 1.29 is 9.90 Å². The number of aliphatic hydroxyl groups excluding tert-OH is 1. The smallest absolute Gasteiger partial charge is 0.251 e. The molecule has 0 spiro atoms. The number of fused-ring (bicyclic) bond motifs is 1. The van der Waals surface area contributed by atoms with E-state index in [4.69, 9.17) is 0 Å². The van der Waals surface area contributed by atoms with E-state index in [1.807, 2.05) is 76.2 Å². The van der Waals surface area contributed by atoms with E-state index in [0.717, 1.165) is 44.7 Å². The summed E-state index contributed by atoms with van der Waals surface area (Å²) in [7, 11) is 0. The molecule has 0 radical (unpaired) electrons. The topological polar surface area (TPSA) is 92.9 Å². The lowest BCUT2D eigenvalue weighted by Gasteiger charge is -2.13. The number of carbonyl (C=O) groups is 1. The van der Waals surface area contributed by atoms with Crippen LogP contribution < -0.4 is 5.32 Å². The molecule has 1 amide bonds. The maximum atomic E-state index is 12.6. The summed E-state index contributed by atoms with van der Waals surface area (Å²) in [6, 6.07) is 15.7. The van der Waals surface area contributed by atoms with Crippen LogP contribution in [0.1, 0.15) is 40.0 Å². The van der Waals surface area contributed by atoms with E-state index < -0.39 is 6.10 Å². The number of hydrogen-bond donors (Lipinski definition) is 2. The third-order valence-corrected chi connectivity index (χ3v) is 5.59. The minimum atomic E-state index is -0.780. The summed E-state index contributed by atoms with van der Waals surface area (Å²) in [5, 5.41) is 20.1. The highest BCUT2D eigenvalue weighted by molar-refractivity contribution is 5.83. The zero-order chi connectivity index (χ0) is 22.8. The van der Waals surface area contributed by atoms with Crippen molar-refractivity contribution >= 4 is 16.7 Å². The minimum Gasteiger partial charge on any atom is -0.387 e. The highest BCUT2D eigenvalue weighted by Crippen LogP contribution is 2.21. The van der Waals surface area contributed by atoms with Crippen LogP contribution in [0.4, 0.5) is 0 Å². The van der Waals surface area contributed by atoms with E-state index >= 15 is 0 Å². The fraction of sp³-hybridized carbons (Fsp3) is 0.280. The Hall–Kier alpha value is -3.58. The Morgan fingerprint density at radius 1 is 1.00 bits per heavy atom. The van der Waals surface area contributed by atoms with Crippen LogP contribution in [-0.2, 0) is 11.2 Å². The molecule has 7 nitrogen and oxygen atoms in total. The summed E-state index contributed by atoms with van der Waals surface area (Å²) in [5.74, 6) is 0.332. The zero-order valence-electron chi connectivity index (χ0n) is 18.8. The molecule has 4 rings (SSSR count). The van der Waals surface area contributed by atoms with Crippen molar-refractivity contribution in [2.24, 2.45) is 0 Å². The molecular weight excluding hydrogens is 402 g/mol. The second kappa shape index (κ2) is 8.88. The Bertz CT molecular complexity index is 1270. The van der Waals surface area contributed by atoms with Crippen molar-refractivity contribution in [3.05, 3.63) is 82.4 Å². The van der Waals surface area contributed by atoms with Gasteiger partial charge in [-0.25, -0.2) is 14.6 Å². The summed E-state index contributed by atoms with van der Waals surface area (Å²) < 4.78 is 1.68. The van der Waals surface area contributed by atoms with E-state index in [0.29, 0.717) is 5.95 Å². The van der Waals surface area contributed by atoms with E-state index in [2.05, 4.69) is 20.4 Å². The summed E-state index contributed by atoms with van der Waals surface area (Å²) in [5.41, 5.74) is 4.93. The first kappa shape index (κ1) is 21.6. The summed E-state index contributed by atoms with van der Waals surface area (Å²) in [6.07, 6.45) is -0.607. The fourth-order valence-electron chi connectivity index (χ4n) is 3.89. The van der Waals surface area contributed by atoms with E-state index in [1.54, 1.807) is 4.68 Å². The number of aliphatic hydroxyl groups is 1. The van der Waals surface area contributed by atoms with E-state index in [1.165, 1.54) is 0 Å². The molecule has 2 aromatic carbocycles. The van der Waals surface area contributed by atoms with Crippen molar-refractivity contribution in [2.75, 3.05) is 6.54 Å². The van der Waals surface area contributed by atoms with Crippen LogP contribution in [0.15, 0.2) is 48.5 Å². The zero-order valence-corrected chi connectivity index (χ0v) is 18.8. The lowest BCUT2D eigenvalue weighted by molar-refractivity contribution is -0.120. The maximum Gasteiger partial charge on any atom is 0.251 e. The van der Waals surface area contributed by atoms with Crippen LogP contribution in [0.3, 0.4) is 0 Å². The lowest BCUT2D eigenvalue weighted by Crippen LogP contribution is -2.30. The average molecular weight is 430 g/mol. The first-order valence-corrected chi connectivity index (χ1v) is 10.6. The Balaban J connectivity index is 1.44. The average Bonchev–Trinajstić information content (AvgIpc) is 3.04. The molecule has 0 aliphatic carbocycles. The molecule has 1 atom stereocenters. The Morgan fingerprint density at radius 3 is 2.41 bits per heavy atom. The molecule has 7 heteroatoms. The third kappa shape index (κ3) is 4.53. The van der Waals surface area contributed by atoms with Crippen LogP contribution in [0, 0.1) is 27.7 Å². The van der Waals surface area contributed by atoms with Gasteiger partial charge in [-0.2, -0.15) is 5.10 Å². The van der Waals surface area contributed by atoms with Crippen molar-refractivity contribution in [2.45, 2.75) is 40.2 Å². The van der Waals surface area contributed by atoms with Gasteiger partial charge in [-0.05, 0) is 56.2 Å². The molecule has 2 aromatic heterocycles. The van der Waals surface area contributed by atoms with Crippen LogP contribution in [0.2, 0.25) is 0 Å². The second-order valence-electron chi connectivity index (χ2n) is 8.12. The number of rotatable bonds is 6.